The fourth-order valence-corrected chi connectivity index (χ4v) is 5.93. The Morgan fingerprint density at radius 1 is 1.09 bits per heavy atom. The molecule has 2 fully saturated rings. The molecule has 1 spiro atoms. The van der Waals surface area contributed by atoms with Gasteiger partial charge in [-0.3, -0.25) is 14.4 Å². The van der Waals surface area contributed by atoms with E-state index in [1.807, 2.05) is 42.2 Å². The lowest BCUT2D eigenvalue weighted by atomic mass is 9.65. The molecule has 1 aromatic heterocycles. The van der Waals surface area contributed by atoms with Gasteiger partial charge in [-0.15, -0.1) is 0 Å². The number of likely N-dealkylation sites (tertiary alicyclic amines) is 1. The Balaban J connectivity index is 1.72. The minimum absolute atomic E-state index is 0.115. The van der Waals surface area contributed by atoms with Crippen LogP contribution in [-0.2, 0) is 11.3 Å². The second-order valence-electron chi connectivity index (χ2n) is 10.5. The quantitative estimate of drug-likeness (QED) is 0.687. The topological polar surface area (TPSA) is 82.8 Å². The van der Waals surface area contributed by atoms with E-state index in [4.69, 9.17) is 0 Å². The zero-order valence-electron chi connectivity index (χ0n) is 21.1. The van der Waals surface area contributed by atoms with E-state index in [2.05, 4.69) is 0 Å². The lowest BCUT2D eigenvalue weighted by Gasteiger charge is -2.52. The molecule has 1 unspecified atom stereocenters. The molecule has 0 radical (unpaired) electrons. The van der Waals surface area contributed by atoms with Crippen LogP contribution in [-0.4, -0.2) is 64.1 Å². The fourth-order valence-electron chi connectivity index (χ4n) is 5.93. The molecular formula is C28H37N3O4. The standard InChI is InChI=1S/C28H37N3O4/c1-4-10-24(32)30-16-15-28(35,27(19-30)13-8-9-14-27)20-31-18-23(26(34)29(2)3)22(17-25(31)33)21-11-6-5-7-12-21/h5-7,11-12,17-18,35H,4,8-10,13-16,19-20H2,1-3H3. The van der Waals surface area contributed by atoms with Gasteiger partial charge in [0, 0.05) is 56.8 Å². The Morgan fingerprint density at radius 2 is 1.77 bits per heavy atom. The number of rotatable bonds is 6. The van der Waals surface area contributed by atoms with Gasteiger partial charge >= 0.3 is 0 Å². The largest absolute Gasteiger partial charge is 0.387 e. The minimum atomic E-state index is -1.12. The number of carbonyl (C=O) groups excluding carboxylic acids is 2. The Bertz CT molecular complexity index is 1130. The van der Waals surface area contributed by atoms with E-state index in [1.54, 1.807) is 20.3 Å². The van der Waals surface area contributed by atoms with E-state index in [9.17, 15) is 19.5 Å². The smallest absolute Gasteiger partial charge is 0.255 e. The first-order chi connectivity index (χ1) is 16.7. The molecule has 2 amide bonds. The SMILES string of the molecule is CCCC(=O)N1CCC(O)(Cn2cc(C(=O)N(C)C)c(-c3ccccc3)cc2=O)C2(CCCC2)C1. The van der Waals surface area contributed by atoms with Crippen LogP contribution in [0.5, 0.6) is 0 Å². The summed E-state index contributed by atoms with van der Waals surface area (Å²) in [6.07, 6.45) is 7.03. The molecule has 2 heterocycles. The summed E-state index contributed by atoms with van der Waals surface area (Å²) in [5.74, 6) is -0.0516. The lowest BCUT2D eigenvalue weighted by molar-refractivity contribution is -0.160. The first kappa shape index (κ1) is 25.2. The van der Waals surface area contributed by atoms with Crippen molar-refractivity contribution < 1.29 is 14.7 Å². The van der Waals surface area contributed by atoms with E-state index < -0.39 is 11.0 Å². The van der Waals surface area contributed by atoms with Crippen molar-refractivity contribution in [3.8, 4) is 11.1 Å². The van der Waals surface area contributed by atoms with Gasteiger partial charge in [0.1, 0.15) is 0 Å². The maximum atomic E-state index is 13.3. The molecule has 2 aromatic rings. The Kier molecular flexibility index (Phi) is 7.17. The van der Waals surface area contributed by atoms with Crippen LogP contribution >= 0.6 is 0 Å². The molecule has 7 nitrogen and oxygen atoms in total. The first-order valence-electron chi connectivity index (χ1n) is 12.7. The van der Waals surface area contributed by atoms with Crippen molar-refractivity contribution in [2.75, 3.05) is 27.2 Å². The number of hydrogen-bond donors (Lipinski definition) is 1. The summed E-state index contributed by atoms with van der Waals surface area (Å²) in [5.41, 5.74) is 0.0235. The third-order valence-corrected chi connectivity index (χ3v) is 7.93. The van der Waals surface area contributed by atoms with Crippen molar-refractivity contribution in [3.63, 3.8) is 0 Å². The summed E-state index contributed by atoms with van der Waals surface area (Å²) < 4.78 is 1.51. The second-order valence-corrected chi connectivity index (χ2v) is 10.5. The monoisotopic (exact) mass is 479 g/mol. The summed E-state index contributed by atoms with van der Waals surface area (Å²) in [6, 6.07) is 10.9. The Hall–Kier alpha value is -2.93. The molecule has 1 aromatic carbocycles. The molecule has 1 N–H and O–H groups in total. The Morgan fingerprint density at radius 3 is 2.40 bits per heavy atom. The van der Waals surface area contributed by atoms with Gasteiger partial charge in [0.25, 0.3) is 11.5 Å². The highest BCUT2D eigenvalue weighted by Crippen LogP contribution is 2.51. The average molecular weight is 480 g/mol. The van der Waals surface area contributed by atoms with Crippen LogP contribution in [0.25, 0.3) is 11.1 Å². The summed E-state index contributed by atoms with van der Waals surface area (Å²) in [4.78, 5) is 42.5. The van der Waals surface area contributed by atoms with Crippen LogP contribution in [0.3, 0.4) is 0 Å². The maximum absolute atomic E-state index is 13.3. The zero-order valence-corrected chi connectivity index (χ0v) is 21.1. The van der Waals surface area contributed by atoms with Gasteiger partial charge < -0.3 is 19.5 Å². The molecule has 1 saturated carbocycles. The van der Waals surface area contributed by atoms with Crippen LogP contribution in [0.2, 0.25) is 0 Å². The third kappa shape index (κ3) is 4.79. The van der Waals surface area contributed by atoms with E-state index >= 15 is 0 Å². The molecule has 0 bridgehead atoms. The molecule has 1 saturated heterocycles. The van der Waals surface area contributed by atoms with E-state index in [-0.39, 0.29) is 23.9 Å². The number of hydrogen-bond acceptors (Lipinski definition) is 4. The molecule has 1 aliphatic carbocycles. The highest BCUT2D eigenvalue weighted by atomic mass is 16.3. The molecular weight excluding hydrogens is 442 g/mol. The highest BCUT2D eigenvalue weighted by Gasteiger charge is 2.55. The molecule has 35 heavy (non-hydrogen) atoms. The first-order valence-corrected chi connectivity index (χ1v) is 12.7. The Labute approximate surface area is 207 Å². The van der Waals surface area contributed by atoms with Gasteiger partial charge in [-0.25, -0.2) is 0 Å². The molecule has 2 aliphatic rings. The van der Waals surface area contributed by atoms with Crippen LogP contribution in [0.4, 0.5) is 0 Å². The van der Waals surface area contributed by atoms with Gasteiger partial charge in [-0.1, -0.05) is 50.1 Å². The molecule has 1 aliphatic heterocycles. The average Bonchev–Trinajstić information content (AvgIpc) is 3.32. The number of aromatic nitrogens is 1. The molecule has 1 atom stereocenters. The number of carbonyl (C=O) groups is 2. The van der Waals surface area contributed by atoms with Crippen LogP contribution in [0, 0.1) is 5.41 Å². The number of nitrogens with zero attached hydrogens (tertiary/aromatic N) is 3. The van der Waals surface area contributed by atoms with Gasteiger partial charge in [0.15, 0.2) is 0 Å². The van der Waals surface area contributed by atoms with Gasteiger partial charge in [0.2, 0.25) is 5.91 Å². The third-order valence-electron chi connectivity index (χ3n) is 7.93. The second kappa shape index (κ2) is 9.97. The van der Waals surface area contributed by atoms with E-state index in [1.165, 1.54) is 15.5 Å². The van der Waals surface area contributed by atoms with Crippen molar-refractivity contribution in [3.05, 3.63) is 58.5 Å². The molecule has 7 heteroatoms. The van der Waals surface area contributed by atoms with Crippen molar-refractivity contribution >= 4 is 11.8 Å². The fraction of sp³-hybridized carbons (Fsp3) is 0.536. The minimum Gasteiger partial charge on any atom is -0.387 e. The van der Waals surface area contributed by atoms with Crippen molar-refractivity contribution in [1.29, 1.82) is 0 Å². The van der Waals surface area contributed by atoms with Crippen LogP contribution < -0.4 is 5.56 Å². The molecule has 4 rings (SSSR count). The normalized spacial score (nSPS) is 21.3. The summed E-state index contributed by atoms with van der Waals surface area (Å²) in [7, 11) is 3.38. The van der Waals surface area contributed by atoms with Crippen LogP contribution in [0.15, 0.2) is 47.4 Å². The maximum Gasteiger partial charge on any atom is 0.255 e. The number of aliphatic hydroxyl groups is 1. The predicted molar refractivity (Wildman–Crippen MR) is 136 cm³/mol. The lowest BCUT2D eigenvalue weighted by Crippen LogP contribution is -2.62. The number of pyridine rings is 1. The van der Waals surface area contributed by atoms with Crippen LogP contribution in [0.1, 0.15) is 62.2 Å². The van der Waals surface area contributed by atoms with Crippen molar-refractivity contribution in [2.24, 2.45) is 5.41 Å². The van der Waals surface area contributed by atoms with Gasteiger partial charge in [-0.05, 0) is 31.2 Å². The van der Waals surface area contributed by atoms with E-state index in [0.29, 0.717) is 37.1 Å². The number of benzene rings is 1. The summed E-state index contributed by atoms with van der Waals surface area (Å²) >= 11 is 0. The number of piperidine rings is 1. The number of amides is 2. The zero-order chi connectivity index (χ0) is 25.2. The summed E-state index contributed by atoms with van der Waals surface area (Å²) in [6.45, 7) is 3.13. The predicted octanol–water partition coefficient (Wildman–Crippen LogP) is 3.54. The van der Waals surface area contributed by atoms with Crippen molar-refractivity contribution in [2.45, 2.75) is 64.0 Å². The van der Waals surface area contributed by atoms with Gasteiger partial charge in [-0.2, -0.15) is 0 Å². The molecule has 188 valence electrons. The highest BCUT2D eigenvalue weighted by molar-refractivity contribution is 6.00. The summed E-state index contributed by atoms with van der Waals surface area (Å²) in [5, 5.41) is 12.1. The van der Waals surface area contributed by atoms with Crippen molar-refractivity contribution in [1.82, 2.24) is 14.4 Å². The van der Waals surface area contributed by atoms with Gasteiger partial charge in [0.05, 0.1) is 17.7 Å². The van der Waals surface area contributed by atoms with E-state index in [0.717, 1.165) is 37.7 Å².